The minimum atomic E-state index is 0.518. The van der Waals surface area contributed by atoms with Crippen molar-refractivity contribution >= 4 is 11.6 Å². The molecule has 0 bridgehead atoms. The van der Waals surface area contributed by atoms with Gasteiger partial charge < -0.3 is 15.8 Å². The van der Waals surface area contributed by atoms with Crippen LogP contribution in [0.3, 0.4) is 0 Å². The number of methoxy groups -OCH3 is 1. The van der Waals surface area contributed by atoms with Crippen LogP contribution >= 0.6 is 0 Å². The van der Waals surface area contributed by atoms with E-state index in [2.05, 4.69) is 35.9 Å². The number of aryl methyl sites for hydroxylation is 1. The Morgan fingerprint density at radius 3 is 2.68 bits per heavy atom. The molecule has 116 valence electrons. The lowest BCUT2D eigenvalue weighted by atomic mass is 10.0. The van der Waals surface area contributed by atoms with E-state index in [1.165, 1.54) is 5.56 Å². The smallest absolute Gasteiger partial charge is 0.133 e. The molecule has 0 aliphatic heterocycles. The monoisotopic (exact) mass is 297 g/mol. The molecule has 1 aromatic carbocycles. The summed E-state index contributed by atoms with van der Waals surface area (Å²) < 4.78 is 5.03. The van der Waals surface area contributed by atoms with E-state index in [-0.39, 0.29) is 0 Å². The maximum absolute atomic E-state index is 6.12. The van der Waals surface area contributed by atoms with Gasteiger partial charge in [0.15, 0.2) is 0 Å². The molecule has 0 spiro atoms. The minimum absolute atomic E-state index is 0.518. The van der Waals surface area contributed by atoms with Gasteiger partial charge in [0, 0.05) is 25.0 Å². The quantitative estimate of drug-likeness (QED) is 0.759. The molecule has 1 heterocycles. The van der Waals surface area contributed by atoms with E-state index in [1.807, 2.05) is 24.3 Å². The third kappa shape index (κ3) is 4.09. The van der Waals surface area contributed by atoms with Gasteiger partial charge in [-0.2, -0.15) is 0 Å². The summed E-state index contributed by atoms with van der Waals surface area (Å²) in [7, 11) is 1.70. The summed E-state index contributed by atoms with van der Waals surface area (Å²) in [5.41, 5.74) is 10.3. The lowest BCUT2D eigenvalue weighted by molar-refractivity contribution is 0.195. The van der Waals surface area contributed by atoms with E-state index in [0.717, 1.165) is 42.1 Å². The van der Waals surface area contributed by atoms with E-state index in [4.69, 9.17) is 10.5 Å². The van der Waals surface area contributed by atoms with Crippen LogP contribution in [0.4, 0.5) is 11.6 Å². The standard InChI is InChI=1S/C18H23N3O/c1-13-7-4-5-9-15(13)16-10-11-17(21-18(16)19)20-14(2)8-6-12-22-3/h4-5,7,9-11H,2,6,8,12H2,1,3H3,(H3,19,20,21). The first-order valence-corrected chi connectivity index (χ1v) is 7.38. The molecule has 4 nitrogen and oxygen atoms in total. The van der Waals surface area contributed by atoms with Crippen LogP contribution in [0.15, 0.2) is 48.7 Å². The van der Waals surface area contributed by atoms with Gasteiger partial charge in [0.25, 0.3) is 0 Å². The van der Waals surface area contributed by atoms with E-state index in [0.29, 0.717) is 5.82 Å². The van der Waals surface area contributed by atoms with Gasteiger partial charge in [0.05, 0.1) is 0 Å². The molecule has 4 heteroatoms. The number of ether oxygens (including phenoxy) is 1. The largest absolute Gasteiger partial charge is 0.385 e. The van der Waals surface area contributed by atoms with Gasteiger partial charge in [0.1, 0.15) is 11.6 Å². The second-order valence-corrected chi connectivity index (χ2v) is 5.27. The van der Waals surface area contributed by atoms with Crippen molar-refractivity contribution in [3.63, 3.8) is 0 Å². The number of nitrogens with two attached hydrogens (primary N) is 1. The van der Waals surface area contributed by atoms with Gasteiger partial charge in [-0.1, -0.05) is 30.8 Å². The van der Waals surface area contributed by atoms with Crippen molar-refractivity contribution < 1.29 is 4.74 Å². The number of pyridine rings is 1. The molecule has 2 aromatic rings. The summed E-state index contributed by atoms with van der Waals surface area (Å²) in [4.78, 5) is 4.43. The minimum Gasteiger partial charge on any atom is -0.385 e. The van der Waals surface area contributed by atoms with Crippen molar-refractivity contribution in [3.8, 4) is 11.1 Å². The third-order valence-electron chi connectivity index (χ3n) is 3.49. The van der Waals surface area contributed by atoms with E-state index in [9.17, 15) is 0 Å². The molecule has 0 fully saturated rings. The molecule has 0 saturated carbocycles. The summed E-state index contributed by atoms with van der Waals surface area (Å²) in [5, 5.41) is 3.19. The van der Waals surface area contributed by atoms with Crippen molar-refractivity contribution in [2.24, 2.45) is 0 Å². The number of rotatable bonds is 7. The van der Waals surface area contributed by atoms with Crippen LogP contribution in [0.5, 0.6) is 0 Å². The zero-order chi connectivity index (χ0) is 15.9. The highest BCUT2D eigenvalue weighted by atomic mass is 16.5. The lowest BCUT2D eigenvalue weighted by Crippen LogP contribution is -2.04. The number of nitrogens with one attached hydrogen (secondary N) is 1. The average Bonchev–Trinajstić information content (AvgIpc) is 2.49. The fourth-order valence-corrected chi connectivity index (χ4v) is 2.32. The molecular formula is C18H23N3O. The van der Waals surface area contributed by atoms with Crippen molar-refractivity contribution in [1.29, 1.82) is 0 Å². The number of hydrogen-bond acceptors (Lipinski definition) is 4. The molecule has 1 aromatic heterocycles. The second-order valence-electron chi connectivity index (χ2n) is 5.27. The number of aromatic nitrogens is 1. The van der Waals surface area contributed by atoms with Crippen LogP contribution in [-0.2, 0) is 4.74 Å². The van der Waals surface area contributed by atoms with Gasteiger partial charge in [-0.25, -0.2) is 4.98 Å². The van der Waals surface area contributed by atoms with Crippen molar-refractivity contribution in [2.75, 3.05) is 24.8 Å². The Labute approximate surface area is 132 Å². The maximum atomic E-state index is 6.12. The Balaban J connectivity index is 2.10. The number of nitrogen functional groups attached to an aromatic ring is 1. The Kier molecular flexibility index (Phi) is 5.55. The van der Waals surface area contributed by atoms with E-state index < -0.39 is 0 Å². The zero-order valence-corrected chi connectivity index (χ0v) is 13.2. The molecule has 2 rings (SSSR count). The Morgan fingerprint density at radius 1 is 1.23 bits per heavy atom. The van der Waals surface area contributed by atoms with Gasteiger partial charge in [-0.3, -0.25) is 0 Å². The van der Waals surface area contributed by atoms with E-state index in [1.54, 1.807) is 7.11 Å². The summed E-state index contributed by atoms with van der Waals surface area (Å²) in [6.07, 6.45) is 1.77. The van der Waals surface area contributed by atoms with Crippen LogP contribution in [-0.4, -0.2) is 18.7 Å². The Hall–Kier alpha value is -2.33. The molecule has 0 aliphatic rings. The SMILES string of the molecule is C=C(CCCOC)Nc1ccc(-c2ccccc2C)c(N)n1. The lowest BCUT2D eigenvalue weighted by Gasteiger charge is -2.12. The molecule has 0 radical (unpaired) electrons. The highest BCUT2D eigenvalue weighted by molar-refractivity contribution is 5.77. The summed E-state index contributed by atoms with van der Waals surface area (Å²) in [5.74, 6) is 1.24. The van der Waals surface area contributed by atoms with Crippen LogP contribution in [0.2, 0.25) is 0 Å². The zero-order valence-electron chi connectivity index (χ0n) is 13.2. The number of anilines is 2. The van der Waals surface area contributed by atoms with Crippen molar-refractivity contribution in [3.05, 3.63) is 54.2 Å². The molecule has 0 atom stereocenters. The number of hydrogen-bond donors (Lipinski definition) is 2. The van der Waals surface area contributed by atoms with Crippen molar-refractivity contribution in [2.45, 2.75) is 19.8 Å². The summed E-state index contributed by atoms with van der Waals surface area (Å²) in [6, 6.07) is 12.1. The predicted molar refractivity (Wildman–Crippen MR) is 92.7 cm³/mol. The molecule has 22 heavy (non-hydrogen) atoms. The highest BCUT2D eigenvalue weighted by Gasteiger charge is 2.08. The van der Waals surface area contributed by atoms with Gasteiger partial charge in [-0.15, -0.1) is 0 Å². The summed E-state index contributed by atoms with van der Waals surface area (Å²) >= 11 is 0. The Bertz CT molecular complexity index is 653. The molecule has 0 saturated heterocycles. The normalized spacial score (nSPS) is 10.5. The fourth-order valence-electron chi connectivity index (χ4n) is 2.32. The number of nitrogens with zero attached hydrogens (tertiary/aromatic N) is 1. The topological polar surface area (TPSA) is 60.2 Å². The molecule has 3 N–H and O–H groups in total. The first kappa shape index (κ1) is 16.0. The van der Waals surface area contributed by atoms with E-state index >= 15 is 0 Å². The average molecular weight is 297 g/mol. The van der Waals surface area contributed by atoms with Crippen molar-refractivity contribution in [1.82, 2.24) is 4.98 Å². The highest BCUT2D eigenvalue weighted by Crippen LogP contribution is 2.28. The third-order valence-corrected chi connectivity index (χ3v) is 3.49. The van der Waals surface area contributed by atoms with Gasteiger partial charge in [0.2, 0.25) is 0 Å². The molecule has 0 aliphatic carbocycles. The van der Waals surface area contributed by atoms with Crippen LogP contribution in [0, 0.1) is 6.92 Å². The van der Waals surface area contributed by atoms with Crippen LogP contribution in [0.25, 0.3) is 11.1 Å². The summed E-state index contributed by atoms with van der Waals surface area (Å²) in [6.45, 7) is 6.79. The van der Waals surface area contributed by atoms with Gasteiger partial charge >= 0.3 is 0 Å². The fraction of sp³-hybridized carbons (Fsp3) is 0.278. The number of allylic oxidation sites excluding steroid dienone is 1. The first-order valence-electron chi connectivity index (χ1n) is 7.38. The molecular weight excluding hydrogens is 274 g/mol. The first-order chi connectivity index (χ1) is 10.6. The maximum Gasteiger partial charge on any atom is 0.133 e. The molecule has 0 unspecified atom stereocenters. The van der Waals surface area contributed by atoms with Gasteiger partial charge in [-0.05, 0) is 43.0 Å². The van der Waals surface area contributed by atoms with Crippen LogP contribution in [0.1, 0.15) is 18.4 Å². The Morgan fingerprint density at radius 2 is 2.00 bits per heavy atom. The second kappa shape index (κ2) is 7.61. The molecule has 0 amide bonds. The van der Waals surface area contributed by atoms with Crippen LogP contribution < -0.4 is 11.1 Å². The predicted octanol–water partition coefficient (Wildman–Crippen LogP) is 3.99. The number of benzene rings is 1.